The lowest BCUT2D eigenvalue weighted by Gasteiger charge is -2.11. The highest BCUT2D eigenvalue weighted by Crippen LogP contribution is 2.35. The van der Waals surface area contributed by atoms with Crippen LogP contribution in [0.2, 0.25) is 0 Å². The van der Waals surface area contributed by atoms with Crippen LogP contribution in [0.15, 0.2) is 77.5 Å². The zero-order valence-corrected chi connectivity index (χ0v) is 24.1. The molecular weight excluding hydrogens is 607 g/mol. The number of nitrogens with zero attached hydrogens (tertiary/aromatic N) is 5. The number of aliphatic hydroxyl groups is 1. The summed E-state index contributed by atoms with van der Waals surface area (Å²) in [6.45, 7) is 1.25. The van der Waals surface area contributed by atoms with Crippen molar-refractivity contribution in [2.45, 2.75) is 19.1 Å². The number of hydrogen-bond donors (Lipinski definition) is 2. The lowest BCUT2D eigenvalue weighted by Crippen LogP contribution is -2.12. The molecule has 0 bridgehead atoms. The van der Waals surface area contributed by atoms with Gasteiger partial charge in [0.2, 0.25) is 0 Å². The summed E-state index contributed by atoms with van der Waals surface area (Å²) in [4.78, 5) is 13.4. The number of nitrogens with one attached hydrogen (secondary N) is 1. The zero-order chi connectivity index (χ0) is 29.2. The Hall–Kier alpha value is -4.55. The largest absolute Gasteiger partial charge is 0.490 e. The van der Waals surface area contributed by atoms with E-state index in [9.17, 15) is 14.3 Å². The third-order valence-corrected chi connectivity index (χ3v) is 7.22. The smallest absolute Gasteiger partial charge is 0.259 e. The highest BCUT2D eigenvalue weighted by atomic mass is 79.9. The molecule has 42 heavy (non-hydrogen) atoms. The van der Waals surface area contributed by atoms with Gasteiger partial charge in [-0.15, -0.1) is 5.10 Å². The molecule has 0 saturated heterocycles. The van der Waals surface area contributed by atoms with E-state index in [0.29, 0.717) is 52.8 Å². The summed E-state index contributed by atoms with van der Waals surface area (Å²) in [6.07, 6.45) is 3.12. The molecule has 0 fully saturated rings. The fourth-order valence-electron chi connectivity index (χ4n) is 4.68. The number of hydrogen-bond acceptors (Lipinski definition) is 7. The van der Waals surface area contributed by atoms with Gasteiger partial charge in [-0.2, -0.15) is 5.10 Å². The number of aliphatic hydroxyl groups excluding tert-OH is 1. The number of carbonyl (C=O) groups is 1. The molecule has 0 radical (unpaired) electrons. The van der Waals surface area contributed by atoms with Crippen molar-refractivity contribution in [1.82, 2.24) is 24.8 Å². The fraction of sp³-hybridized carbons (Fsp3) is 0.200. The topological polar surface area (TPSA) is 116 Å². The molecule has 12 heteroatoms. The van der Waals surface area contributed by atoms with Crippen molar-refractivity contribution < 1.29 is 23.8 Å². The van der Waals surface area contributed by atoms with Gasteiger partial charge in [0.1, 0.15) is 17.2 Å². The molecule has 5 aromatic rings. The van der Waals surface area contributed by atoms with E-state index >= 15 is 0 Å². The molecule has 3 heterocycles. The summed E-state index contributed by atoms with van der Waals surface area (Å²) < 4.78 is 30.2. The third kappa shape index (κ3) is 5.90. The Labute approximate surface area is 248 Å². The van der Waals surface area contributed by atoms with Crippen molar-refractivity contribution in [3.05, 3.63) is 94.5 Å². The van der Waals surface area contributed by atoms with Crippen LogP contribution in [0, 0.1) is 5.82 Å². The van der Waals surface area contributed by atoms with Gasteiger partial charge in [-0.05, 0) is 54.1 Å². The Balaban J connectivity index is 1.21. The van der Waals surface area contributed by atoms with Gasteiger partial charge in [0.05, 0.1) is 37.6 Å². The van der Waals surface area contributed by atoms with Crippen LogP contribution in [0.5, 0.6) is 11.5 Å². The SMILES string of the molecule is Cn1cc(C(=O)Nc2ccc(F)c(-c3cn(C[C@H](O)c4cccc(Br)c4)nn3)c2)c(-c2ccc3c(c2)OCCCO3)n1. The van der Waals surface area contributed by atoms with Gasteiger partial charge in [-0.25, -0.2) is 9.07 Å². The normalized spacial score (nSPS) is 13.4. The Bertz CT molecular complexity index is 1770. The standard InChI is InChI=1S/C30H26BrFN6O4/c1-37-15-23(29(35-37)19-6-9-27-28(13-19)42-11-3-10-41-27)30(40)33-21-7-8-24(32)22(14-21)25-16-38(36-34-25)17-26(39)18-4-2-5-20(31)12-18/h2,4-9,12-16,26,39H,3,10-11,17H2,1H3,(H,33,40)/t26-/m0/s1. The number of fused-ring (bicyclic) bond motifs is 1. The quantitative estimate of drug-likeness (QED) is 0.247. The Kier molecular flexibility index (Phi) is 7.72. The Morgan fingerprint density at radius 1 is 1.10 bits per heavy atom. The maximum atomic E-state index is 14.9. The van der Waals surface area contributed by atoms with Gasteiger partial charge in [0.15, 0.2) is 11.5 Å². The molecule has 2 aromatic heterocycles. The van der Waals surface area contributed by atoms with Crippen molar-refractivity contribution in [3.63, 3.8) is 0 Å². The molecule has 1 aliphatic rings. The van der Waals surface area contributed by atoms with Crippen LogP contribution in [-0.2, 0) is 13.6 Å². The summed E-state index contributed by atoms with van der Waals surface area (Å²) >= 11 is 3.40. The molecule has 0 aliphatic carbocycles. The highest BCUT2D eigenvalue weighted by molar-refractivity contribution is 9.10. The molecule has 0 spiro atoms. The molecule has 1 aliphatic heterocycles. The van der Waals surface area contributed by atoms with Gasteiger partial charge >= 0.3 is 0 Å². The van der Waals surface area contributed by atoms with Crippen LogP contribution in [0.4, 0.5) is 10.1 Å². The van der Waals surface area contributed by atoms with Crippen molar-refractivity contribution in [2.24, 2.45) is 7.05 Å². The summed E-state index contributed by atoms with van der Waals surface area (Å²) in [7, 11) is 1.73. The molecule has 0 unspecified atom stereocenters. The molecule has 0 saturated carbocycles. The van der Waals surface area contributed by atoms with Crippen LogP contribution in [0.25, 0.3) is 22.5 Å². The average Bonchev–Trinajstić information content (AvgIpc) is 3.53. The molecule has 1 amide bonds. The average molecular weight is 633 g/mol. The lowest BCUT2D eigenvalue weighted by atomic mass is 10.1. The van der Waals surface area contributed by atoms with Crippen molar-refractivity contribution >= 4 is 27.5 Å². The molecule has 6 rings (SSSR count). The van der Waals surface area contributed by atoms with E-state index in [2.05, 4.69) is 36.7 Å². The van der Waals surface area contributed by atoms with E-state index in [0.717, 1.165) is 10.9 Å². The molecule has 214 valence electrons. The number of amides is 1. The van der Waals surface area contributed by atoms with Gasteiger partial charge < -0.3 is 19.9 Å². The highest BCUT2D eigenvalue weighted by Gasteiger charge is 2.21. The van der Waals surface area contributed by atoms with Crippen LogP contribution in [0.1, 0.15) is 28.4 Å². The van der Waals surface area contributed by atoms with Crippen LogP contribution >= 0.6 is 15.9 Å². The van der Waals surface area contributed by atoms with Crippen molar-refractivity contribution in [1.29, 1.82) is 0 Å². The second-order valence-corrected chi connectivity index (χ2v) is 10.7. The predicted octanol–water partition coefficient (Wildman–Crippen LogP) is 5.39. The first kappa shape index (κ1) is 27.6. The Morgan fingerprint density at radius 3 is 2.76 bits per heavy atom. The monoisotopic (exact) mass is 632 g/mol. The molecule has 1 atom stereocenters. The minimum atomic E-state index is -0.833. The Morgan fingerprint density at radius 2 is 1.93 bits per heavy atom. The minimum Gasteiger partial charge on any atom is -0.490 e. The van der Waals surface area contributed by atoms with Crippen molar-refractivity contribution in [3.8, 4) is 34.0 Å². The number of carbonyl (C=O) groups excluding carboxylic acids is 1. The number of rotatable bonds is 7. The number of halogens is 2. The summed E-state index contributed by atoms with van der Waals surface area (Å²) in [5.74, 6) is 0.310. The maximum Gasteiger partial charge on any atom is 0.259 e. The van der Waals surface area contributed by atoms with Crippen LogP contribution in [0.3, 0.4) is 0 Å². The second kappa shape index (κ2) is 11.7. The van der Waals surface area contributed by atoms with E-state index in [1.165, 1.54) is 22.9 Å². The summed E-state index contributed by atoms with van der Waals surface area (Å²) in [5.41, 5.74) is 3.01. The molecule has 2 N–H and O–H groups in total. The van der Waals surface area contributed by atoms with Gasteiger partial charge in [0.25, 0.3) is 5.91 Å². The molecule has 3 aromatic carbocycles. The number of benzene rings is 3. The first-order valence-corrected chi connectivity index (χ1v) is 14.0. The van der Waals surface area contributed by atoms with E-state index in [1.54, 1.807) is 24.1 Å². The summed E-state index contributed by atoms with van der Waals surface area (Å²) in [6, 6.07) is 17.0. The van der Waals surface area contributed by atoms with Crippen LogP contribution < -0.4 is 14.8 Å². The number of aromatic nitrogens is 5. The number of aryl methyl sites for hydroxylation is 1. The van der Waals surface area contributed by atoms with Gasteiger partial charge in [-0.1, -0.05) is 33.3 Å². The zero-order valence-electron chi connectivity index (χ0n) is 22.5. The predicted molar refractivity (Wildman–Crippen MR) is 157 cm³/mol. The minimum absolute atomic E-state index is 0.130. The van der Waals surface area contributed by atoms with E-state index in [-0.39, 0.29) is 17.8 Å². The van der Waals surface area contributed by atoms with Crippen molar-refractivity contribution in [2.75, 3.05) is 18.5 Å². The summed E-state index contributed by atoms with van der Waals surface area (Å²) in [5, 5.41) is 26.1. The molecule has 10 nitrogen and oxygen atoms in total. The van der Waals surface area contributed by atoms with Gasteiger partial charge in [0, 0.05) is 41.0 Å². The lowest BCUT2D eigenvalue weighted by molar-refractivity contribution is 0.102. The number of ether oxygens (including phenoxy) is 2. The number of anilines is 1. The van der Waals surface area contributed by atoms with E-state index in [4.69, 9.17) is 9.47 Å². The molecular formula is C30H26BrFN6O4. The second-order valence-electron chi connectivity index (χ2n) is 9.82. The third-order valence-electron chi connectivity index (χ3n) is 6.73. The van der Waals surface area contributed by atoms with Crippen LogP contribution in [-0.4, -0.2) is 49.0 Å². The van der Waals surface area contributed by atoms with E-state index in [1.807, 2.05) is 42.5 Å². The van der Waals surface area contributed by atoms with Gasteiger partial charge in [-0.3, -0.25) is 9.48 Å². The first-order chi connectivity index (χ1) is 20.3. The van der Waals surface area contributed by atoms with E-state index < -0.39 is 17.8 Å². The maximum absolute atomic E-state index is 14.9. The first-order valence-electron chi connectivity index (χ1n) is 13.2. The fourth-order valence-corrected chi connectivity index (χ4v) is 5.10.